The van der Waals surface area contributed by atoms with Gasteiger partial charge >= 0.3 is 5.97 Å². The van der Waals surface area contributed by atoms with Gasteiger partial charge in [-0.1, -0.05) is 25.5 Å². The van der Waals surface area contributed by atoms with Gasteiger partial charge in [-0.2, -0.15) is 0 Å². The smallest absolute Gasteiger partial charge is 0.303 e. The highest BCUT2D eigenvalue weighted by Gasteiger charge is 2.59. The lowest BCUT2D eigenvalue weighted by atomic mass is 9.47. The third kappa shape index (κ3) is 2.59. The number of rotatable bonds is 3. The maximum Gasteiger partial charge on any atom is 0.303 e. The predicted molar refractivity (Wildman–Crippen MR) is 98.5 cm³/mol. The highest BCUT2D eigenvalue weighted by molar-refractivity contribution is 5.87. The third-order valence-corrected chi connectivity index (χ3v) is 8.77. The molecule has 0 aromatic heterocycles. The summed E-state index contributed by atoms with van der Waals surface area (Å²) in [5, 5.41) is 19.9. The van der Waals surface area contributed by atoms with Gasteiger partial charge in [0.15, 0.2) is 0 Å². The molecule has 0 aromatic rings. The van der Waals surface area contributed by atoms with Gasteiger partial charge in [0.2, 0.25) is 0 Å². The molecule has 0 amide bonds. The molecule has 4 aliphatic carbocycles. The summed E-state index contributed by atoms with van der Waals surface area (Å²) in [6, 6.07) is 0. The number of aliphatic hydroxyl groups is 1. The Morgan fingerprint density at radius 2 is 1.88 bits per heavy atom. The highest BCUT2D eigenvalue weighted by atomic mass is 16.4. The van der Waals surface area contributed by atoms with Gasteiger partial charge in [0, 0.05) is 18.3 Å². The van der Waals surface area contributed by atoms with Crippen LogP contribution in [-0.2, 0) is 9.59 Å². The lowest BCUT2D eigenvalue weighted by Crippen LogP contribution is -2.52. The van der Waals surface area contributed by atoms with Gasteiger partial charge in [0.05, 0.1) is 5.60 Å². The number of carbonyl (C=O) groups excluding carboxylic acids is 1. The fourth-order valence-electron chi connectivity index (χ4n) is 7.04. The van der Waals surface area contributed by atoms with Crippen LogP contribution in [0.4, 0.5) is 0 Å². The Morgan fingerprint density at radius 1 is 1.15 bits per heavy atom. The van der Waals surface area contributed by atoms with Gasteiger partial charge < -0.3 is 10.2 Å². The Morgan fingerprint density at radius 3 is 2.62 bits per heavy atom. The van der Waals surface area contributed by atoms with Crippen molar-refractivity contribution in [1.82, 2.24) is 0 Å². The summed E-state index contributed by atoms with van der Waals surface area (Å²) in [4.78, 5) is 23.4. The average Bonchev–Trinajstić information content (AvgIpc) is 2.89. The molecule has 0 aliphatic heterocycles. The van der Waals surface area contributed by atoms with Crippen LogP contribution in [0.5, 0.6) is 0 Å². The van der Waals surface area contributed by atoms with E-state index in [-0.39, 0.29) is 17.3 Å². The van der Waals surface area contributed by atoms with E-state index in [9.17, 15) is 14.7 Å². The van der Waals surface area contributed by atoms with E-state index in [1.807, 2.05) is 0 Å². The minimum absolute atomic E-state index is 0.0368. The van der Waals surface area contributed by atoms with Gasteiger partial charge in [0.25, 0.3) is 0 Å². The van der Waals surface area contributed by atoms with Gasteiger partial charge in [-0.15, -0.1) is 0 Å². The molecular formula is C22H32O4. The zero-order valence-electron chi connectivity index (χ0n) is 16.1. The van der Waals surface area contributed by atoms with Crippen LogP contribution in [0.3, 0.4) is 0 Å². The quantitative estimate of drug-likeness (QED) is 0.743. The Kier molecular flexibility index (Phi) is 4.15. The fraction of sp³-hybridized carbons (Fsp3) is 0.818. The lowest BCUT2D eigenvalue weighted by molar-refractivity contribution is -0.139. The Balaban J connectivity index is 1.58. The maximum atomic E-state index is 12.5. The van der Waals surface area contributed by atoms with Crippen LogP contribution >= 0.6 is 0 Å². The number of ketones is 1. The van der Waals surface area contributed by atoms with E-state index in [2.05, 4.69) is 19.9 Å². The molecule has 0 heterocycles. The molecule has 0 saturated heterocycles. The molecule has 0 radical (unpaired) electrons. The Labute approximate surface area is 156 Å². The van der Waals surface area contributed by atoms with Crippen molar-refractivity contribution in [1.29, 1.82) is 0 Å². The molecule has 4 heteroatoms. The molecule has 2 N–H and O–H groups in total. The molecule has 0 bridgehead atoms. The highest BCUT2D eigenvalue weighted by Crippen LogP contribution is 2.64. The average molecular weight is 360 g/mol. The van der Waals surface area contributed by atoms with E-state index in [0.717, 1.165) is 38.5 Å². The van der Waals surface area contributed by atoms with Crippen molar-refractivity contribution in [2.45, 2.75) is 83.7 Å². The molecule has 26 heavy (non-hydrogen) atoms. The van der Waals surface area contributed by atoms with Gasteiger partial charge in [-0.05, 0) is 74.5 Å². The van der Waals surface area contributed by atoms with Crippen LogP contribution in [-0.4, -0.2) is 27.6 Å². The molecule has 4 aliphatic rings. The van der Waals surface area contributed by atoms with Crippen LogP contribution in [0.1, 0.15) is 78.1 Å². The molecule has 4 rings (SSSR count). The number of carbonyl (C=O) groups is 2. The zero-order valence-corrected chi connectivity index (χ0v) is 16.1. The van der Waals surface area contributed by atoms with E-state index in [4.69, 9.17) is 5.11 Å². The van der Waals surface area contributed by atoms with Crippen LogP contribution in [0.2, 0.25) is 0 Å². The number of hydrogen-bond donors (Lipinski definition) is 2. The first-order valence-corrected chi connectivity index (χ1v) is 10.3. The van der Waals surface area contributed by atoms with Crippen LogP contribution in [0, 0.1) is 28.6 Å². The Bertz CT molecular complexity index is 667. The predicted octanol–water partition coefficient (Wildman–Crippen LogP) is 4.11. The summed E-state index contributed by atoms with van der Waals surface area (Å²) >= 11 is 0. The molecule has 144 valence electrons. The van der Waals surface area contributed by atoms with Crippen LogP contribution in [0.25, 0.3) is 0 Å². The van der Waals surface area contributed by atoms with Crippen molar-refractivity contribution in [3.05, 3.63) is 11.6 Å². The molecule has 4 nitrogen and oxygen atoms in total. The minimum atomic E-state index is -0.858. The van der Waals surface area contributed by atoms with Crippen LogP contribution < -0.4 is 0 Å². The standard InChI is InChI=1S/C22H32O4/c1-20-11-12-22(26,10-8-19(24)25)13-14(20)3-4-15-16-5-6-18(23)21(16,2)9-7-17(15)20/h3,15-17,26H,4-13H2,1-2H3,(H,24,25)/t15-,16-,17-,20-,21-,22+/m0/s1. The first-order valence-electron chi connectivity index (χ1n) is 10.3. The number of allylic oxidation sites excluding steroid dienone is 1. The normalized spacial score (nSPS) is 47.6. The number of aliphatic carboxylic acids is 1. The molecular weight excluding hydrogens is 328 g/mol. The minimum Gasteiger partial charge on any atom is -0.481 e. The van der Waals surface area contributed by atoms with Gasteiger partial charge in [-0.25, -0.2) is 0 Å². The van der Waals surface area contributed by atoms with Crippen molar-refractivity contribution in [3.8, 4) is 0 Å². The van der Waals surface area contributed by atoms with Gasteiger partial charge in [-0.3, -0.25) is 9.59 Å². The number of fused-ring (bicyclic) bond motifs is 5. The summed E-state index contributed by atoms with van der Waals surface area (Å²) in [6.45, 7) is 4.57. The molecule has 3 saturated carbocycles. The van der Waals surface area contributed by atoms with Crippen molar-refractivity contribution < 1.29 is 19.8 Å². The lowest BCUT2D eigenvalue weighted by Gasteiger charge is -2.58. The van der Waals surface area contributed by atoms with E-state index in [1.165, 1.54) is 5.57 Å². The summed E-state index contributed by atoms with van der Waals surface area (Å²) in [7, 11) is 0. The topological polar surface area (TPSA) is 74.6 Å². The molecule has 6 atom stereocenters. The number of hydrogen-bond acceptors (Lipinski definition) is 3. The van der Waals surface area contributed by atoms with E-state index >= 15 is 0 Å². The molecule has 3 fully saturated rings. The molecule has 0 aromatic carbocycles. The first kappa shape index (κ1) is 18.2. The van der Waals surface area contributed by atoms with Crippen molar-refractivity contribution in [2.75, 3.05) is 0 Å². The van der Waals surface area contributed by atoms with Crippen molar-refractivity contribution in [3.63, 3.8) is 0 Å². The summed E-state index contributed by atoms with van der Waals surface area (Å²) in [5.41, 5.74) is 0.513. The summed E-state index contributed by atoms with van der Waals surface area (Å²) in [5.74, 6) is 1.38. The fourth-order valence-corrected chi connectivity index (χ4v) is 7.04. The molecule has 0 spiro atoms. The van der Waals surface area contributed by atoms with Crippen molar-refractivity contribution in [2.24, 2.45) is 28.6 Å². The zero-order chi connectivity index (χ0) is 18.7. The first-order chi connectivity index (χ1) is 12.2. The second-order valence-electron chi connectivity index (χ2n) is 9.97. The maximum absolute atomic E-state index is 12.5. The number of carboxylic acid groups (broad SMARTS) is 1. The second kappa shape index (κ2) is 5.92. The van der Waals surface area contributed by atoms with Gasteiger partial charge in [0.1, 0.15) is 5.78 Å². The van der Waals surface area contributed by atoms with E-state index in [0.29, 0.717) is 42.8 Å². The van der Waals surface area contributed by atoms with E-state index < -0.39 is 11.6 Å². The largest absolute Gasteiger partial charge is 0.481 e. The molecule has 0 unspecified atom stereocenters. The third-order valence-electron chi connectivity index (χ3n) is 8.77. The van der Waals surface area contributed by atoms with Crippen molar-refractivity contribution >= 4 is 11.8 Å². The SMILES string of the molecule is C[C@]12CC[C@](O)(CCC(=O)O)CC1=CC[C@@H]1[C@@H]2CC[C@]2(C)C(=O)CC[C@@H]12. The Hall–Kier alpha value is -1.16. The number of Topliss-reactive ketones (excluding diaryl/α,β-unsaturated/α-hetero) is 1. The second-order valence-corrected chi connectivity index (χ2v) is 9.97. The monoisotopic (exact) mass is 360 g/mol. The van der Waals surface area contributed by atoms with E-state index in [1.54, 1.807) is 0 Å². The number of carboxylic acids is 1. The van der Waals surface area contributed by atoms with Crippen LogP contribution in [0.15, 0.2) is 11.6 Å². The summed E-state index contributed by atoms with van der Waals surface area (Å²) < 4.78 is 0. The summed E-state index contributed by atoms with van der Waals surface area (Å²) in [6.07, 6.45) is 9.96.